The lowest BCUT2D eigenvalue weighted by Gasteiger charge is -2.40. The number of nitrogens with one attached hydrogen (secondary N) is 2. The minimum Gasteiger partial charge on any atom is -0.382 e. The van der Waals surface area contributed by atoms with Crippen molar-refractivity contribution < 1.29 is 13.5 Å². The molecule has 6 nitrogen and oxygen atoms in total. The molecule has 0 amide bonds. The maximum atomic E-state index is 13.4. The van der Waals surface area contributed by atoms with Gasteiger partial charge in [0.1, 0.15) is 18.0 Å². The van der Waals surface area contributed by atoms with Crippen molar-refractivity contribution in [3.05, 3.63) is 59.9 Å². The highest BCUT2D eigenvalue weighted by molar-refractivity contribution is 5.63. The highest BCUT2D eigenvalue weighted by Gasteiger charge is 2.36. The molecule has 0 bridgehead atoms. The first-order valence-corrected chi connectivity index (χ1v) is 9.51. The van der Waals surface area contributed by atoms with Crippen LogP contribution in [-0.4, -0.2) is 34.0 Å². The number of hydrogen-bond donors (Lipinski definition) is 2. The summed E-state index contributed by atoms with van der Waals surface area (Å²) in [6.45, 7) is 2.76. The molecule has 29 heavy (non-hydrogen) atoms. The van der Waals surface area contributed by atoms with E-state index in [1.807, 2.05) is 19.1 Å². The molecule has 0 radical (unpaired) electrons. The third-order valence-electron chi connectivity index (χ3n) is 5.25. The van der Waals surface area contributed by atoms with E-state index >= 15 is 0 Å². The van der Waals surface area contributed by atoms with Gasteiger partial charge in [-0.2, -0.15) is 4.98 Å². The molecule has 1 aliphatic carbocycles. The number of benzene rings is 2. The van der Waals surface area contributed by atoms with Crippen molar-refractivity contribution in [3.8, 4) is 5.69 Å². The van der Waals surface area contributed by atoms with E-state index in [4.69, 9.17) is 4.74 Å². The molecule has 8 heteroatoms. The van der Waals surface area contributed by atoms with Crippen LogP contribution in [0.4, 0.5) is 26.1 Å². The van der Waals surface area contributed by atoms with Crippen LogP contribution in [0.5, 0.6) is 0 Å². The molecule has 0 unspecified atom stereocenters. The number of hydrogen-bond acceptors (Lipinski definition) is 5. The number of aryl methyl sites for hydroxylation is 1. The second kappa shape index (κ2) is 7.79. The predicted molar refractivity (Wildman–Crippen MR) is 108 cm³/mol. The van der Waals surface area contributed by atoms with Crippen molar-refractivity contribution >= 4 is 17.3 Å². The summed E-state index contributed by atoms with van der Waals surface area (Å²) in [4.78, 5) is 4.18. The highest BCUT2D eigenvalue weighted by atomic mass is 19.1. The number of aromatic nitrogens is 3. The summed E-state index contributed by atoms with van der Waals surface area (Å²) in [5, 5.41) is 10.9. The number of rotatable bonds is 7. The molecule has 2 N–H and O–H groups in total. The van der Waals surface area contributed by atoms with E-state index in [-0.39, 0.29) is 11.3 Å². The van der Waals surface area contributed by atoms with E-state index in [1.54, 1.807) is 7.11 Å². The molecule has 1 aromatic heterocycles. The van der Waals surface area contributed by atoms with E-state index in [9.17, 15) is 8.78 Å². The Balaban J connectivity index is 1.48. The molecule has 3 aromatic rings. The largest absolute Gasteiger partial charge is 0.382 e. The van der Waals surface area contributed by atoms with Crippen molar-refractivity contribution in [2.75, 3.05) is 24.3 Å². The van der Waals surface area contributed by atoms with Gasteiger partial charge in [0.25, 0.3) is 0 Å². The van der Waals surface area contributed by atoms with Crippen molar-refractivity contribution in [1.82, 2.24) is 14.8 Å². The Morgan fingerprint density at radius 1 is 1.07 bits per heavy atom. The van der Waals surface area contributed by atoms with Gasteiger partial charge >= 0.3 is 0 Å². The first-order chi connectivity index (χ1) is 13.9. The van der Waals surface area contributed by atoms with Crippen molar-refractivity contribution in [1.29, 1.82) is 0 Å². The summed E-state index contributed by atoms with van der Waals surface area (Å²) >= 11 is 0. The fourth-order valence-corrected chi connectivity index (χ4v) is 3.49. The molecule has 1 heterocycles. The topological polar surface area (TPSA) is 64.0 Å². The summed E-state index contributed by atoms with van der Waals surface area (Å²) < 4.78 is 33.9. The molecule has 0 spiro atoms. The van der Waals surface area contributed by atoms with Gasteiger partial charge in [0.2, 0.25) is 5.95 Å². The Hall–Kier alpha value is -3.00. The summed E-state index contributed by atoms with van der Waals surface area (Å²) in [5.74, 6) is -1.00. The van der Waals surface area contributed by atoms with Crippen LogP contribution >= 0.6 is 0 Å². The molecular weight excluding hydrogens is 376 g/mol. The first kappa shape index (κ1) is 19.3. The van der Waals surface area contributed by atoms with Gasteiger partial charge in [0.15, 0.2) is 0 Å². The minimum atomic E-state index is -0.667. The van der Waals surface area contributed by atoms with Crippen LogP contribution in [0.25, 0.3) is 5.69 Å². The smallest absolute Gasteiger partial charge is 0.246 e. The summed E-state index contributed by atoms with van der Waals surface area (Å²) in [6, 6.07) is 9.22. The Bertz CT molecular complexity index is 990. The number of anilines is 3. The van der Waals surface area contributed by atoms with E-state index in [0.717, 1.165) is 42.4 Å². The third kappa shape index (κ3) is 4.37. The molecule has 0 saturated heterocycles. The SMILES string of the molecule is COC1(CNc2cc(C)cc(Nc3ncn(-c4cc(F)cc(F)c4)n3)c2)CCC1. The molecule has 1 fully saturated rings. The Morgan fingerprint density at radius 2 is 1.79 bits per heavy atom. The number of methoxy groups -OCH3 is 1. The van der Waals surface area contributed by atoms with Crippen LogP contribution in [0, 0.1) is 18.6 Å². The molecule has 0 atom stereocenters. The lowest BCUT2D eigenvalue weighted by atomic mass is 9.80. The highest BCUT2D eigenvalue weighted by Crippen LogP contribution is 2.35. The lowest BCUT2D eigenvalue weighted by Crippen LogP contribution is -2.45. The normalized spacial score (nSPS) is 15.0. The van der Waals surface area contributed by atoms with Gasteiger partial charge in [-0.3, -0.25) is 0 Å². The van der Waals surface area contributed by atoms with Crippen LogP contribution in [0.1, 0.15) is 24.8 Å². The van der Waals surface area contributed by atoms with Gasteiger partial charge in [-0.15, -0.1) is 5.10 Å². The standard InChI is InChI=1S/C21H23F2N5O/c1-14-6-17(24-12-21(29-2)4-3-5-21)11-18(7-14)26-20-25-13-28(27-20)19-9-15(22)8-16(23)10-19/h6-11,13,24H,3-5,12H2,1-2H3,(H,26,27). The fourth-order valence-electron chi connectivity index (χ4n) is 3.49. The van der Waals surface area contributed by atoms with Crippen molar-refractivity contribution in [3.63, 3.8) is 0 Å². The minimum absolute atomic E-state index is 0.0715. The summed E-state index contributed by atoms with van der Waals surface area (Å²) in [6.07, 6.45) is 4.73. The maximum absolute atomic E-state index is 13.4. The average Bonchev–Trinajstić information content (AvgIpc) is 3.08. The van der Waals surface area contributed by atoms with Gasteiger partial charge in [-0.05, 0) is 62.1 Å². The zero-order chi connectivity index (χ0) is 20.4. The lowest BCUT2D eigenvalue weighted by molar-refractivity contribution is -0.0601. The van der Waals surface area contributed by atoms with Crippen LogP contribution in [0.15, 0.2) is 42.7 Å². The molecule has 2 aromatic carbocycles. The van der Waals surface area contributed by atoms with Gasteiger partial charge < -0.3 is 15.4 Å². The van der Waals surface area contributed by atoms with Crippen molar-refractivity contribution in [2.24, 2.45) is 0 Å². The van der Waals surface area contributed by atoms with Crippen LogP contribution in [0.2, 0.25) is 0 Å². The number of ether oxygens (including phenoxy) is 1. The fraction of sp³-hybridized carbons (Fsp3) is 0.333. The quantitative estimate of drug-likeness (QED) is 0.609. The van der Waals surface area contributed by atoms with E-state index < -0.39 is 11.6 Å². The van der Waals surface area contributed by atoms with Gasteiger partial charge in [-0.25, -0.2) is 13.5 Å². The number of nitrogens with zero attached hydrogens (tertiary/aromatic N) is 3. The zero-order valence-electron chi connectivity index (χ0n) is 16.4. The average molecular weight is 399 g/mol. The Kier molecular flexibility index (Phi) is 5.19. The number of halogens is 2. The second-order valence-electron chi connectivity index (χ2n) is 7.45. The maximum Gasteiger partial charge on any atom is 0.246 e. The molecule has 1 saturated carbocycles. The Labute approximate surface area is 167 Å². The first-order valence-electron chi connectivity index (χ1n) is 9.51. The third-order valence-corrected chi connectivity index (χ3v) is 5.25. The van der Waals surface area contributed by atoms with Gasteiger partial charge in [0, 0.05) is 31.1 Å². The van der Waals surface area contributed by atoms with Crippen LogP contribution < -0.4 is 10.6 Å². The van der Waals surface area contributed by atoms with E-state index in [1.165, 1.54) is 29.6 Å². The van der Waals surface area contributed by atoms with Gasteiger partial charge in [-0.1, -0.05) is 0 Å². The molecule has 1 aliphatic rings. The van der Waals surface area contributed by atoms with Crippen molar-refractivity contribution in [2.45, 2.75) is 31.8 Å². The second-order valence-corrected chi connectivity index (χ2v) is 7.45. The van der Waals surface area contributed by atoms with Crippen LogP contribution in [0.3, 0.4) is 0 Å². The molecular formula is C21H23F2N5O. The summed E-state index contributed by atoms with van der Waals surface area (Å²) in [7, 11) is 1.76. The van der Waals surface area contributed by atoms with E-state index in [0.29, 0.717) is 5.95 Å². The molecule has 4 rings (SSSR count). The Morgan fingerprint density at radius 3 is 2.45 bits per heavy atom. The van der Waals surface area contributed by atoms with Crippen LogP contribution in [-0.2, 0) is 4.74 Å². The van der Waals surface area contributed by atoms with E-state index in [2.05, 4.69) is 26.8 Å². The zero-order valence-corrected chi connectivity index (χ0v) is 16.4. The monoisotopic (exact) mass is 399 g/mol. The molecule has 0 aliphatic heterocycles. The van der Waals surface area contributed by atoms with Gasteiger partial charge in [0.05, 0.1) is 11.3 Å². The predicted octanol–water partition coefficient (Wildman–Crippen LogP) is 4.58. The molecule has 152 valence electrons. The summed E-state index contributed by atoms with van der Waals surface area (Å²) in [5.41, 5.74) is 3.06.